The van der Waals surface area contributed by atoms with Crippen LogP contribution in [0.25, 0.3) is 5.76 Å². The van der Waals surface area contributed by atoms with Gasteiger partial charge in [-0.2, -0.15) is 0 Å². The Bertz CT molecular complexity index is 568. The first kappa shape index (κ1) is 12.4. The Hall–Kier alpha value is -1.07. The van der Waals surface area contributed by atoms with Crippen LogP contribution in [0.3, 0.4) is 0 Å². The van der Waals surface area contributed by atoms with E-state index >= 15 is 0 Å². The lowest BCUT2D eigenvalue weighted by Crippen LogP contribution is -2.26. The van der Waals surface area contributed by atoms with Crippen LogP contribution in [0.5, 0.6) is 0 Å². The first-order chi connectivity index (χ1) is 7.80. The van der Waals surface area contributed by atoms with Crippen LogP contribution in [0.4, 0.5) is 0 Å². The van der Waals surface area contributed by atoms with Crippen molar-refractivity contribution < 1.29 is 12.8 Å². The van der Waals surface area contributed by atoms with Gasteiger partial charge in [-0.25, -0.2) is 8.42 Å². The average Bonchev–Trinajstić information content (AvgIpc) is 2.21. The first-order valence-electron chi connectivity index (χ1n) is 5.51. The fourth-order valence-corrected chi connectivity index (χ4v) is 3.95. The molecule has 2 rings (SSSR count). The van der Waals surface area contributed by atoms with Crippen molar-refractivity contribution in [2.24, 2.45) is 0 Å². The molecule has 0 spiro atoms. The zero-order valence-corrected chi connectivity index (χ0v) is 12.0. The molecule has 1 aliphatic heterocycles. The highest BCUT2D eigenvalue weighted by molar-refractivity contribution is 7.91. The second kappa shape index (κ2) is 3.99. The molecule has 1 aliphatic rings. The molecule has 0 bridgehead atoms. The van der Waals surface area contributed by atoms with Gasteiger partial charge in [0.05, 0.1) is 10.6 Å². The third-order valence-corrected chi connectivity index (χ3v) is 4.86. The Labute approximate surface area is 103 Å². The quantitative estimate of drug-likeness (QED) is 0.775. The molecule has 17 heavy (non-hydrogen) atoms. The van der Waals surface area contributed by atoms with Gasteiger partial charge in [0.25, 0.3) is 0 Å². The molecule has 0 atom stereocenters. The molecule has 0 aliphatic carbocycles. The average molecular weight is 268 g/mol. The summed E-state index contributed by atoms with van der Waals surface area (Å²) in [4.78, 5) is 0.385. The summed E-state index contributed by atoms with van der Waals surface area (Å²) in [6, 6.07) is 7.03. The molecule has 3 nitrogen and oxygen atoms in total. The van der Waals surface area contributed by atoms with E-state index in [1.807, 2.05) is 6.07 Å². The number of hydrogen-bond acceptors (Lipinski definition) is 3. The highest BCUT2D eigenvalue weighted by Crippen LogP contribution is 2.31. The number of benzene rings is 1. The number of sulfone groups is 1. The second-order valence-corrected chi connectivity index (χ2v) is 11.5. The Balaban J connectivity index is 2.50. The highest BCUT2D eigenvalue weighted by Gasteiger charge is 2.28. The Morgan fingerprint density at radius 2 is 1.82 bits per heavy atom. The third-order valence-electron chi connectivity index (χ3n) is 2.39. The summed E-state index contributed by atoms with van der Waals surface area (Å²) in [5.74, 6) is 0.749. The standard InChI is InChI=1S/C12H16O3SSi/c1-17(2,3)15-11-8-9-16(13,14)12-7-5-4-6-10(11)12/h4-8H,9H2,1-3H3. The largest absolute Gasteiger partial charge is 0.544 e. The van der Waals surface area contributed by atoms with Gasteiger partial charge in [-0.15, -0.1) is 0 Å². The van der Waals surface area contributed by atoms with Crippen LogP contribution in [-0.2, 0) is 14.3 Å². The predicted octanol–water partition coefficient (Wildman–Crippen LogP) is 2.67. The summed E-state index contributed by atoms with van der Waals surface area (Å²) in [5.41, 5.74) is 0.696. The maximum Gasteiger partial charge on any atom is 0.242 e. The minimum atomic E-state index is -3.17. The van der Waals surface area contributed by atoms with E-state index in [0.717, 1.165) is 5.76 Å². The Kier molecular flexibility index (Phi) is 2.91. The normalized spacial score (nSPS) is 18.2. The Morgan fingerprint density at radius 1 is 1.18 bits per heavy atom. The van der Waals surface area contributed by atoms with Crippen LogP contribution in [0.2, 0.25) is 19.6 Å². The van der Waals surface area contributed by atoms with E-state index in [1.54, 1.807) is 24.3 Å². The van der Waals surface area contributed by atoms with E-state index in [-0.39, 0.29) is 5.75 Å². The van der Waals surface area contributed by atoms with Gasteiger partial charge >= 0.3 is 0 Å². The van der Waals surface area contributed by atoms with Gasteiger partial charge in [-0.05, 0) is 31.8 Å². The van der Waals surface area contributed by atoms with Crippen LogP contribution >= 0.6 is 0 Å². The fraction of sp³-hybridized carbons (Fsp3) is 0.333. The van der Waals surface area contributed by atoms with E-state index in [4.69, 9.17) is 4.43 Å². The fourth-order valence-electron chi connectivity index (χ4n) is 1.75. The lowest BCUT2D eigenvalue weighted by atomic mass is 10.2. The summed E-state index contributed by atoms with van der Waals surface area (Å²) in [5, 5.41) is 0. The van der Waals surface area contributed by atoms with E-state index in [0.29, 0.717) is 10.5 Å². The molecule has 1 aromatic carbocycles. The van der Waals surface area contributed by atoms with Crippen molar-refractivity contribution in [3.8, 4) is 0 Å². The molecule has 0 amide bonds. The van der Waals surface area contributed by atoms with Gasteiger partial charge in [0.2, 0.25) is 8.32 Å². The van der Waals surface area contributed by atoms with Crippen LogP contribution in [0, 0.1) is 0 Å². The molecule has 5 heteroatoms. The highest BCUT2D eigenvalue weighted by atomic mass is 32.2. The van der Waals surface area contributed by atoms with Crippen LogP contribution in [0.15, 0.2) is 35.2 Å². The summed E-state index contributed by atoms with van der Waals surface area (Å²) < 4.78 is 29.7. The van der Waals surface area contributed by atoms with E-state index in [2.05, 4.69) is 19.6 Å². The molecule has 1 heterocycles. The molecule has 0 fully saturated rings. The molecule has 0 N–H and O–H groups in total. The summed E-state index contributed by atoms with van der Waals surface area (Å²) in [6.45, 7) is 6.25. The summed E-state index contributed by atoms with van der Waals surface area (Å²) >= 11 is 0. The second-order valence-electron chi connectivity index (χ2n) is 5.06. The molecule has 1 aromatic rings. The molecular weight excluding hydrogens is 252 g/mol. The van der Waals surface area contributed by atoms with Crippen molar-refractivity contribution >= 4 is 23.9 Å². The maximum absolute atomic E-state index is 11.9. The first-order valence-corrected chi connectivity index (χ1v) is 10.6. The molecule has 0 saturated carbocycles. The predicted molar refractivity (Wildman–Crippen MR) is 70.9 cm³/mol. The van der Waals surface area contributed by atoms with Crippen molar-refractivity contribution in [2.45, 2.75) is 24.5 Å². The van der Waals surface area contributed by atoms with Crippen molar-refractivity contribution in [3.63, 3.8) is 0 Å². The summed E-state index contributed by atoms with van der Waals surface area (Å²) in [7, 11) is -4.89. The van der Waals surface area contributed by atoms with Gasteiger partial charge < -0.3 is 4.43 Å². The van der Waals surface area contributed by atoms with Gasteiger partial charge in [0, 0.05) is 5.56 Å². The molecule has 92 valence electrons. The van der Waals surface area contributed by atoms with E-state index in [9.17, 15) is 8.42 Å². The van der Waals surface area contributed by atoms with Crippen LogP contribution < -0.4 is 0 Å². The molecule has 0 unspecified atom stereocenters. The van der Waals surface area contributed by atoms with Crippen molar-refractivity contribution in [2.75, 3.05) is 5.75 Å². The molecular formula is C12H16O3SSi. The van der Waals surface area contributed by atoms with E-state index < -0.39 is 18.2 Å². The minimum absolute atomic E-state index is 0.0316. The lowest BCUT2D eigenvalue weighted by molar-refractivity contribution is 0.509. The number of fused-ring (bicyclic) bond motifs is 1. The van der Waals surface area contributed by atoms with E-state index in [1.165, 1.54) is 0 Å². The van der Waals surface area contributed by atoms with Crippen molar-refractivity contribution in [1.29, 1.82) is 0 Å². The van der Waals surface area contributed by atoms with Crippen molar-refractivity contribution in [1.82, 2.24) is 0 Å². The molecule has 0 aromatic heterocycles. The van der Waals surface area contributed by atoms with Gasteiger partial charge in [-0.1, -0.05) is 18.2 Å². The van der Waals surface area contributed by atoms with Crippen LogP contribution in [-0.4, -0.2) is 22.5 Å². The maximum atomic E-state index is 11.9. The van der Waals surface area contributed by atoms with Crippen molar-refractivity contribution in [3.05, 3.63) is 35.9 Å². The summed E-state index contributed by atoms with van der Waals surface area (Å²) in [6.07, 6.45) is 1.68. The zero-order valence-electron chi connectivity index (χ0n) is 10.2. The number of hydrogen-bond donors (Lipinski definition) is 0. The van der Waals surface area contributed by atoms with Gasteiger partial charge in [0.1, 0.15) is 5.76 Å². The molecule has 0 saturated heterocycles. The topological polar surface area (TPSA) is 43.4 Å². The van der Waals surface area contributed by atoms with Crippen LogP contribution in [0.1, 0.15) is 5.56 Å². The Morgan fingerprint density at radius 3 is 2.47 bits per heavy atom. The SMILES string of the molecule is C[Si](C)(C)OC1=CCS(=O)(=O)c2ccccc21. The minimum Gasteiger partial charge on any atom is -0.544 e. The zero-order chi connectivity index (χ0) is 12.7. The lowest BCUT2D eigenvalue weighted by Gasteiger charge is -2.25. The monoisotopic (exact) mass is 268 g/mol. The van der Waals surface area contributed by atoms with Gasteiger partial charge in [0.15, 0.2) is 9.84 Å². The smallest absolute Gasteiger partial charge is 0.242 e. The van der Waals surface area contributed by atoms with Gasteiger partial charge in [-0.3, -0.25) is 0 Å². The third kappa shape index (κ3) is 2.61. The molecule has 0 radical (unpaired) electrons. The number of rotatable bonds is 2.